The molecule has 0 spiro atoms. The van der Waals surface area contributed by atoms with Gasteiger partial charge in [0.25, 0.3) is 0 Å². The first kappa shape index (κ1) is 22.9. The Kier molecular flexibility index (Phi) is 7.39. The van der Waals surface area contributed by atoms with E-state index in [1.165, 1.54) is 36.4 Å². The van der Waals surface area contributed by atoms with Crippen molar-refractivity contribution in [1.29, 1.82) is 0 Å². The zero-order valence-electron chi connectivity index (χ0n) is 16.2. The van der Waals surface area contributed by atoms with Crippen LogP contribution in [-0.4, -0.2) is 33.4 Å². The lowest BCUT2D eigenvalue weighted by atomic mass is 10.1. The third-order valence-electron chi connectivity index (χ3n) is 4.50. The zero-order chi connectivity index (χ0) is 22.4. The summed E-state index contributed by atoms with van der Waals surface area (Å²) in [5.41, 5.74) is 0.420. The Bertz CT molecular complexity index is 970. The molecule has 1 fully saturated rings. The van der Waals surface area contributed by atoms with Crippen molar-refractivity contribution in [1.82, 2.24) is 9.62 Å². The van der Waals surface area contributed by atoms with Gasteiger partial charge in [0.1, 0.15) is 16.8 Å². The highest BCUT2D eigenvalue weighted by Crippen LogP contribution is 2.30. The molecule has 31 heavy (non-hydrogen) atoms. The fraction of sp³-hybridized carbons (Fsp3) is 0.300. The van der Waals surface area contributed by atoms with E-state index in [2.05, 4.69) is 10.5 Å². The molecule has 1 amide bonds. The van der Waals surface area contributed by atoms with Crippen molar-refractivity contribution in [3.63, 3.8) is 0 Å². The van der Waals surface area contributed by atoms with Gasteiger partial charge in [0.2, 0.25) is 0 Å². The van der Waals surface area contributed by atoms with Gasteiger partial charge in [-0.1, -0.05) is 23.4 Å². The summed E-state index contributed by atoms with van der Waals surface area (Å²) >= 11 is 0. The lowest BCUT2D eigenvalue weighted by molar-refractivity contribution is -0.137. The van der Waals surface area contributed by atoms with Crippen molar-refractivity contribution in [2.45, 2.75) is 30.5 Å². The van der Waals surface area contributed by atoms with Crippen LogP contribution in [0.4, 0.5) is 22.4 Å². The van der Waals surface area contributed by atoms with Gasteiger partial charge in [-0.25, -0.2) is 17.7 Å². The molecule has 0 aromatic heterocycles. The number of nitrogens with one attached hydrogen (secondary N) is 1. The van der Waals surface area contributed by atoms with Crippen LogP contribution >= 0.6 is 0 Å². The van der Waals surface area contributed by atoms with Gasteiger partial charge < -0.3 is 5.32 Å². The molecule has 1 N–H and O–H groups in total. The van der Waals surface area contributed by atoms with Gasteiger partial charge in [0, 0.05) is 32.5 Å². The second-order valence-electron chi connectivity index (χ2n) is 6.72. The Hall–Kier alpha value is -2.79. The second kappa shape index (κ2) is 10.0. The lowest BCUT2D eigenvalue weighted by Gasteiger charge is -2.26. The summed E-state index contributed by atoms with van der Waals surface area (Å²) in [4.78, 5) is 16.6. The average Bonchev–Trinajstić information content (AvgIpc) is 2.76. The number of hydrogen-bond acceptors (Lipinski definition) is 4. The summed E-state index contributed by atoms with van der Waals surface area (Å²) < 4.78 is 65.6. The molecule has 0 aliphatic carbocycles. The molecule has 2 aromatic rings. The first-order chi connectivity index (χ1) is 14.7. The number of hydrogen-bond donors (Lipinski definition) is 1. The summed E-state index contributed by atoms with van der Waals surface area (Å²) in [6, 6.07) is 10.0. The number of carbonyl (C=O) groups is 1. The number of oxime groups is 1. The second-order valence-corrected chi connectivity index (χ2v) is 8.21. The number of alkyl halides is 3. The van der Waals surface area contributed by atoms with Crippen molar-refractivity contribution in [3.05, 3.63) is 65.5 Å². The molecule has 11 heteroatoms. The molecule has 1 heterocycles. The van der Waals surface area contributed by atoms with E-state index >= 15 is 0 Å². The van der Waals surface area contributed by atoms with E-state index in [1.54, 1.807) is 4.31 Å². The van der Waals surface area contributed by atoms with Crippen molar-refractivity contribution in [3.8, 4) is 0 Å². The van der Waals surface area contributed by atoms with Crippen LogP contribution < -0.4 is 5.32 Å². The van der Waals surface area contributed by atoms with Gasteiger partial charge in [0.05, 0.1) is 16.2 Å². The van der Waals surface area contributed by atoms with Gasteiger partial charge in [-0.15, -0.1) is 0 Å². The Labute approximate surface area is 178 Å². The molecule has 0 bridgehead atoms. The number of amides is 1. The maximum absolute atomic E-state index is 12.9. The minimum absolute atomic E-state index is 0.0756. The van der Waals surface area contributed by atoms with Crippen LogP contribution in [0.5, 0.6) is 0 Å². The summed E-state index contributed by atoms with van der Waals surface area (Å²) in [6.45, 7) is 0.734. The standard InChI is InChI=1S/C20H19F4N3O3S/c21-16-6-4-14(5-7-16)13-25-19(28)30-26-17-8-10-27(11-9-17)31(29)18-3-1-2-15(12-18)20(22,23)24/h1-7,12H,8-11,13H2,(H,25,28). The molecule has 3 rings (SSSR count). The third-order valence-corrected chi connectivity index (χ3v) is 6.00. The summed E-state index contributed by atoms with van der Waals surface area (Å²) in [7, 11) is -1.74. The summed E-state index contributed by atoms with van der Waals surface area (Å²) in [6.07, 6.45) is -4.56. The quantitative estimate of drug-likeness (QED) is 0.415. The number of piperidine rings is 1. The Balaban J connectivity index is 1.47. The van der Waals surface area contributed by atoms with Crippen molar-refractivity contribution in [2.75, 3.05) is 13.1 Å². The molecule has 166 valence electrons. The minimum atomic E-state index is -4.50. The average molecular weight is 457 g/mol. The lowest BCUT2D eigenvalue weighted by Crippen LogP contribution is -2.35. The highest BCUT2D eigenvalue weighted by Gasteiger charge is 2.31. The fourth-order valence-electron chi connectivity index (χ4n) is 2.85. The van der Waals surface area contributed by atoms with Crippen LogP contribution in [-0.2, 0) is 28.5 Å². The number of halogens is 4. The van der Waals surface area contributed by atoms with Crippen molar-refractivity contribution < 1.29 is 31.4 Å². The minimum Gasteiger partial charge on any atom is -0.316 e. The molecule has 1 unspecified atom stereocenters. The van der Waals surface area contributed by atoms with Crippen LogP contribution in [0, 0.1) is 5.82 Å². The highest BCUT2D eigenvalue weighted by atomic mass is 32.2. The molecule has 0 saturated carbocycles. The molecule has 1 aliphatic rings. The van der Waals surface area contributed by atoms with Crippen LogP contribution in [0.25, 0.3) is 0 Å². The molecule has 1 aliphatic heterocycles. The Morgan fingerprint density at radius 3 is 2.45 bits per heavy atom. The Morgan fingerprint density at radius 2 is 1.81 bits per heavy atom. The molecular formula is C20H19F4N3O3S. The summed E-state index contributed by atoms with van der Waals surface area (Å²) in [5.74, 6) is -0.377. The van der Waals surface area contributed by atoms with Crippen LogP contribution in [0.2, 0.25) is 0 Å². The zero-order valence-corrected chi connectivity index (χ0v) is 17.0. The molecule has 1 saturated heterocycles. The number of carbonyl (C=O) groups excluding carboxylic acids is 1. The molecule has 2 aromatic carbocycles. The van der Waals surface area contributed by atoms with Gasteiger partial charge in [-0.05, 0) is 35.9 Å². The molecule has 6 nitrogen and oxygen atoms in total. The molecule has 0 radical (unpaired) electrons. The number of nitrogens with zero attached hydrogens (tertiary/aromatic N) is 2. The monoisotopic (exact) mass is 457 g/mol. The van der Waals surface area contributed by atoms with E-state index in [4.69, 9.17) is 4.84 Å². The van der Waals surface area contributed by atoms with Gasteiger partial charge in [-0.2, -0.15) is 13.2 Å². The van der Waals surface area contributed by atoms with Crippen molar-refractivity contribution in [2.24, 2.45) is 5.16 Å². The fourth-order valence-corrected chi connectivity index (χ4v) is 4.08. The van der Waals surface area contributed by atoms with E-state index in [0.717, 1.165) is 12.1 Å². The summed E-state index contributed by atoms with van der Waals surface area (Å²) in [5, 5.41) is 6.27. The van der Waals surface area contributed by atoms with Crippen LogP contribution in [0.3, 0.4) is 0 Å². The largest absolute Gasteiger partial charge is 0.433 e. The van der Waals surface area contributed by atoms with E-state index in [0.29, 0.717) is 37.2 Å². The van der Waals surface area contributed by atoms with Crippen LogP contribution in [0.1, 0.15) is 24.0 Å². The van der Waals surface area contributed by atoms with Gasteiger partial charge >= 0.3 is 12.3 Å². The topological polar surface area (TPSA) is 71.0 Å². The predicted molar refractivity (Wildman–Crippen MR) is 106 cm³/mol. The van der Waals surface area contributed by atoms with Crippen molar-refractivity contribution >= 4 is 22.8 Å². The third kappa shape index (κ3) is 6.59. The van der Waals surface area contributed by atoms with Gasteiger partial charge in [0.15, 0.2) is 0 Å². The highest BCUT2D eigenvalue weighted by molar-refractivity contribution is 7.82. The SMILES string of the molecule is O=C(NCc1ccc(F)cc1)ON=C1CCN(S(=O)c2cccc(C(F)(F)F)c2)CC1. The first-order valence-corrected chi connectivity index (χ1v) is 10.4. The molecule has 1 atom stereocenters. The molecular weight excluding hydrogens is 438 g/mol. The van der Waals surface area contributed by atoms with E-state index in [9.17, 15) is 26.6 Å². The smallest absolute Gasteiger partial charge is 0.316 e. The Morgan fingerprint density at radius 1 is 1.13 bits per heavy atom. The number of rotatable bonds is 5. The first-order valence-electron chi connectivity index (χ1n) is 9.31. The van der Waals surface area contributed by atoms with Gasteiger partial charge in [-0.3, -0.25) is 4.84 Å². The van der Waals surface area contributed by atoms with E-state index < -0.39 is 28.8 Å². The maximum Gasteiger partial charge on any atom is 0.433 e. The van der Waals surface area contributed by atoms with E-state index in [-0.39, 0.29) is 17.3 Å². The predicted octanol–water partition coefficient (Wildman–Crippen LogP) is 4.25. The maximum atomic E-state index is 12.9. The van der Waals surface area contributed by atoms with Crippen LogP contribution in [0.15, 0.2) is 58.6 Å². The number of benzene rings is 2. The normalized spacial score (nSPS) is 15.9. The van der Waals surface area contributed by atoms with E-state index in [1.807, 2.05) is 0 Å².